The van der Waals surface area contributed by atoms with Crippen molar-refractivity contribution in [1.82, 2.24) is 0 Å². The largest absolute Gasteiger partial charge is 0.656 e. The number of carbonyl (C=O) groups excluding carboxylic acids is 1. The summed E-state index contributed by atoms with van der Waals surface area (Å²) in [6, 6.07) is 0. The van der Waals surface area contributed by atoms with Crippen molar-refractivity contribution in [2.75, 3.05) is 7.05 Å². The summed E-state index contributed by atoms with van der Waals surface area (Å²) >= 11 is 0. The Labute approximate surface area is 114 Å². The van der Waals surface area contributed by atoms with Gasteiger partial charge in [-0.25, -0.2) is 0 Å². The van der Waals surface area contributed by atoms with E-state index in [1.54, 1.807) is 7.05 Å². The first-order valence-electron chi connectivity index (χ1n) is 6.48. The average molecular weight is 397 g/mol. The van der Waals surface area contributed by atoms with E-state index < -0.39 is 0 Å². The van der Waals surface area contributed by atoms with Crippen LogP contribution in [-0.4, -0.2) is 13.0 Å². The number of rotatable bonds is 1. The van der Waals surface area contributed by atoms with Crippen LogP contribution in [0.3, 0.4) is 0 Å². The van der Waals surface area contributed by atoms with E-state index in [0.717, 1.165) is 12.8 Å². The first-order chi connectivity index (χ1) is 7.34. The Bertz CT molecular complexity index is 173. The zero-order valence-electron chi connectivity index (χ0n) is 10.4. The summed E-state index contributed by atoms with van der Waals surface area (Å²) in [6.45, 7) is 0. The molecule has 1 rings (SSSR count). The monoisotopic (exact) mass is 397 g/mol. The average Bonchev–Trinajstić information content (AvgIpc) is 2.32. The maximum Gasteiger partial charge on any atom is 0.0541 e. The van der Waals surface area contributed by atoms with Crippen molar-refractivity contribution >= 4 is 5.91 Å². The van der Waals surface area contributed by atoms with Gasteiger partial charge >= 0.3 is 0 Å². The van der Waals surface area contributed by atoms with Gasteiger partial charge in [-0.15, -0.1) is 7.05 Å². The molecule has 1 saturated carbocycles. The van der Waals surface area contributed by atoms with Crippen LogP contribution in [0.1, 0.15) is 64.2 Å². The van der Waals surface area contributed by atoms with E-state index in [-0.39, 0.29) is 32.2 Å². The van der Waals surface area contributed by atoms with E-state index in [9.17, 15) is 4.79 Å². The second kappa shape index (κ2) is 10.3. The number of hydrogen-bond donors (Lipinski definition) is 0. The zero-order chi connectivity index (χ0) is 10.9. The number of amides is 1. The molecule has 0 unspecified atom stereocenters. The third-order valence-electron chi connectivity index (χ3n) is 3.42. The van der Waals surface area contributed by atoms with Gasteiger partial charge in [0.25, 0.3) is 0 Å². The van der Waals surface area contributed by atoms with Crippen molar-refractivity contribution in [3.8, 4) is 0 Å². The van der Waals surface area contributed by atoms with Crippen LogP contribution in [0.15, 0.2) is 0 Å². The van der Waals surface area contributed by atoms with Gasteiger partial charge in [-0.2, -0.15) is 0 Å². The third kappa shape index (κ3) is 6.66. The van der Waals surface area contributed by atoms with E-state index >= 15 is 0 Å². The van der Waals surface area contributed by atoms with Crippen molar-refractivity contribution < 1.29 is 25.2 Å². The molecular formula is C13H24NORe-. The van der Waals surface area contributed by atoms with Gasteiger partial charge < -0.3 is 10.1 Å². The van der Waals surface area contributed by atoms with E-state index in [1.165, 1.54) is 51.4 Å². The van der Waals surface area contributed by atoms with Crippen molar-refractivity contribution in [1.29, 1.82) is 0 Å². The summed E-state index contributed by atoms with van der Waals surface area (Å²) in [5.41, 5.74) is 0. The molecule has 0 atom stereocenters. The van der Waals surface area contributed by atoms with Crippen LogP contribution >= 0.6 is 0 Å². The molecule has 0 spiro atoms. The molecule has 0 bridgehead atoms. The fraction of sp³-hybridized carbons (Fsp3) is 0.923. The third-order valence-corrected chi connectivity index (χ3v) is 3.42. The molecule has 2 nitrogen and oxygen atoms in total. The van der Waals surface area contributed by atoms with Crippen LogP contribution in [-0.2, 0) is 25.2 Å². The molecule has 0 saturated heterocycles. The summed E-state index contributed by atoms with van der Waals surface area (Å²) in [6.07, 6.45) is 12.6. The van der Waals surface area contributed by atoms with Crippen LogP contribution in [0.2, 0.25) is 0 Å². The molecule has 95 valence electrons. The van der Waals surface area contributed by atoms with Gasteiger partial charge in [-0.1, -0.05) is 51.4 Å². The van der Waals surface area contributed by atoms with Crippen molar-refractivity contribution in [2.45, 2.75) is 64.2 Å². The van der Waals surface area contributed by atoms with E-state index in [0.29, 0.717) is 0 Å². The second-order valence-electron chi connectivity index (χ2n) is 4.66. The summed E-state index contributed by atoms with van der Waals surface area (Å²) in [5, 5.41) is 3.82. The second-order valence-corrected chi connectivity index (χ2v) is 4.66. The SMILES string of the molecule is C[N-]C(=O)C1CCCCCCCCCC1.[Re]. The number of nitrogens with zero attached hydrogens (tertiary/aromatic N) is 1. The Morgan fingerprint density at radius 2 is 1.25 bits per heavy atom. The van der Waals surface area contributed by atoms with Gasteiger partial charge in [0, 0.05) is 26.3 Å². The normalized spacial score (nSPS) is 20.3. The van der Waals surface area contributed by atoms with Gasteiger partial charge in [-0.05, 0) is 12.8 Å². The molecule has 1 amide bonds. The number of carbonyl (C=O) groups is 1. The molecule has 0 aromatic carbocycles. The smallest absolute Gasteiger partial charge is 0.0541 e. The van der Waals surface area contributed by atoms with Gasteiger partial charge in [0.2, 0.25) is 0 Å². The maximum atomic E-state index is 11.5. The molecule has 0 aromatic heterocycles. The Hall–Kier alpha value is 0.132. The molecule has 0 heterocycles. The predicted molar refractivity (Wildman–Crippen MR) is 64.0 cm³/mol. The molecule has 1 aliphatic rings. The molecule has 1 radical (unpaired) electrons. The standard InChI is InChI=1S/C13H25NO.Re/c1-14-13(15)12-10-8-6-4-2-3-5-7-9-11-12;/h12H,2-11H2,1H3,(H,14,15);/p-1. The van der Waals surface area contributed by atoms with E-state index in [4.69, 9.17) is 0 Å². The Balaban J connectivity index is 0.00000225. The van der Waals surface area contributed by atoms with Crippen LogP contribution in [0.25, 0.3) is 5.32 Å². The van der Waals surface area contributed by atoms with Crippen LogP contribution in [0.4, 0.5) is 0 Å². The van der Waals surface area contributed by atoms with Gasteiger partial charge in [0.15, 0.2) is 0 Å². The van der Waals surface area contributed by atoms with Crippen molar-refractivity contribution in [3.63, 3.8) is 0 Å². The Morgan fingerprint density at radius 1 is 0.875 bits per heavy atom. The predicted octanol–water partition coefficient (Wildman–Crippen LogP) is 4.04. The molecule has 1 fully saturated rings. The van der Waals surface area contributed by atoms with E-state index in [1.807, 2.05) is 0 Å². The van der Waals surface area contributed by atoms with Gasteiger partial charge in [0.05, 0.1) is 5.91 Å². The Kier molecular flexibility index (Phi) is 10.4. The van der Waals surface area contributed by atoms with Crippen molar-refractivity contribution in [3.05, 3.63) is 5.32 Å². The quantitative estimate of drug-likeness (QED) is 0.658. The van der Waals surface area contributed by atoms with Gasteiger partial charge in [-0.3, -0.25) is 0 Å². The van der Waals surface area contributed by atoms with Crippen molar-refractivity contribution in [2.24, 2.45) is 5.92 Å². The summed E-state index contributed by atoms with van der Waals surface area (Å²) in [5.74, 6) is 0.363. The fourth-order valence-electron chi connectivity index (χ4n) is 2.42. The first-order valence-corrected chi connectivity index (χ1v) is 6.48. The summed E-state index contributed by atoms with van der Waals surface area (Å²) < 4.78 is 0. The minimum absolute atomic E-state index is 0. The van der Waals surface area contributed by atoms with Crippen LogP contribution in [0.5, 0.6) is 0 Å². The number of hydrogen-bond acceptors (Lipinski definition) is 1. The van der Waals surface area contributed by atoms with Crippen LogP contribution < -0.4 is 0 Å². The molecule has 0 aliphatic heterocycles. The minimum atomic E-state index is 0. The molecule has 3 heteroatoms. The summed E-state index contributed by atoms with van der Waals surface area (Å²) in [7, 11) is 1.63. The molecule has 0 N–H and O–H groups in total. The van der Waals surface area contributed by atoms with Gasteiger partial charge in [0.1, 0.15) is 0 Å². The molecule has 16 heavy (non-hydrogen) atoms. The van der Waals surface area contributed by atoms with Crippen LogP contribution in [0, 0.1) is 5.92 Å². The molecule has 1 aliphatic carbocycles. The zero-order valence-corrected chi connectivity index (χ0v) is 13.1. The molecule has 0 aromatic rings. The van der Waals surface area contributed by atoms with E-state index in [2.05, 4.69) is 5.32 Å². The topological polar surface area (TPSA) is 31.2 Å². The Morgan fingerprint density at radius 3 is 1.62 bits per heavy atom. The molecular weight excluding hydrogens is 372 g/mol. The fourth-order valence-corrected chi connectivity index (χ4v) is 2.42. The summed E-state index contributed by atoms with van der Waals surface area (Å²) in [4.78, 5) is 11.5. The maximum absolute atomic E-state index is 11.5. The first kappa shape index (κ1) is 16.1. The minimum Gasteiger partial charge on any atom is -0.656 e.